The molecule has 0 aliphatic carbocycles. The summed E-state index contributed by atoms with van der Waals surface area (Å²) in [6.07, 6.45) is 0.0938. The predicted octanol–water partition coefficient (Wildman–Crippen LogP) is 15.7. The molecule has 64 heavy (non-hydrogen) atoms. The van der Waals surface area contributed by atoms with Crippen LogP contribution in [0, 0.1) is 18.9 Å². The Hall–Kier alpha value is -5.57. The van der Waals surface area contributed by atoms with E-state index in [-0.39, 0.29) is 43.5 Å². The summed E-state index contributed by atoms with van der Waals surface area (Å²) >= 11 is 0. The molecule has 0 saturated heterocycles. The fourth-order valence-corrected chi connectivity index (χ4v) is 7.82. The molecule has 4 nitrogen and oxygen atoms in total. The zero-order chi connectivity index (χ0) is 58.6. The van der Waals surface area contributed by atoms with Gasteiger partial charge < -0.3 is 5.11 Å². The molecule has 0 radical (unpaired) electrons. The van der Waals surface area contributed by atoms with E-state index >= 15 is 0 Å². The minimum absolute atomic E-state index is 0. The summed E-state index contributed by atoms with van der Waals surface area (Å²) in [6, 6.07) is 26.9. The summed E-state index contributed by atoms with van der Waals surface area (Å²) in [6.45, 7) is 6.66. The van der Waals surface area contributed by atoms with Crippen molar-refractivity contribution < 1.29 is 48.1 Å². The van der Waals surface area contributed by atoms with Gasteiger partial charge in [0, 0.05) is 50.8 Å². The van der Waals surface area contributed by atoms with Gasteiger partial charge >= 0.3 is 0 Å². The Morgan fingerprint density at radius 2 is 1.38 bits per heavy atom. The fourth-order valence-electron chi connectivity index (χ4n) is 7.82. The van der Waals surface area contributed by atoms with Crippen LogP contribution >= 0.6 is 0 Å². The summed E-state index contributed by atoms with van der Waals surface area (Å²) in [4.78, 5) is 9.84. The van der Waals surface area contributed by atoms with Gasteiger partial charge in [0.25, 0.3) is 0 Å². The van der Waals surface area contributed by atoms with Crippen LogP contribution in [0.1, 0.15) is 126 Å². The third kappa shape index (κ3) is 9.45. The predicted molar refractivity (Wildman–Crippen MR) is 266 cm³/mol. The summed E-state index contributed by atoms with van der Waals surface area (Å²) in [5.41, 5.74) is 1.24. The molecule has 2 aromatic heterocycles. The number of benzene rings is 6. The molecule has 5 heteroatoms. The summed E-state index contributed by atoms with van der Waals surface area (Å²) in [7, 11) is 0. The molecule has 0 fully saturated rings. The molecule has 330 valence electrons. The minimum atomic E-state index is -3.92. The first-order valence-corrected chi connectivity index (χ1v) is 21.2. The van der Waals surface area contributed by atoms with Crippen LogP contribution in [0.2, 0.25) is 0 Å². The van der Waals surface area contributed by atoms with E-state index < -0.39 is 90.5 Å². The van der Waals surface area contributed by atoms with Gasteiger partial charge in [-0.2, -0.15) is 0 Å². The van der Waals surface area contributed by atoms with Gasteiger partial charge in [-0.3, -0.25) is 9.55 Å². The second kappa shape index (κ2) is 17.8. The monoisotopic (exact) mass is 1040 g/mol. The molecule has 0 aliphatic heterocycles. The van der Waals surface area contributed by atoms with Crippen molar-refractivity contribution in [3.8, 4) is 67.5 Å². The largest absolute Gasteiger partial charge is 0.507 e. The van der Waals surface area contributed by atoms with E-state index in [4.69, 9.17) is 25.5 Å². The molecule has 0 aliphatic rings. The van der Waals surface area contributed by atoms with Gasteiger partial charge in [0.2, 0.25) is 0 Å². The molecule has 8 rings (SSSR count). The number of para-hydroxylation sites is 1. The zero-order valence-corrected chi connectivity index (χ0v) is 39.8. The van der Waals surface area contributed by atoms with Crippen LogP contribution in [-0.2, 0) is 43.7 Å². The standard InChI is InChI=1S/C59H62N3O.Pt/c1-37(2)29-39-21-26-52(49(31-39)41-17-14-13-15-18-41)62-53-20-16-19-48(54(53)61-56(62)50-36-46(58(7,8)9)30-38(3)55(50)63)43-32-44(34-47(33-43)59(10,11)12)51-35-42(27-28-60-51)40-22-24-45(25-23-40)57(4,5)6;/h13-28,30-31,33-37,63H,29H2,1-12H3;/q-1;/i4D3,5D3,6D3,22D,23D,24D,25D,27D,28D,35D;. The molecule has 0 bridgehead atoms. The number of phenolic OH excluding ortho intramolecular Hbond substituents is 1. The topological polar surface area (TPSA) is 50.9 Å². The van der Waals surface area contributed by atoms with Crippen LogP contribution in [-0.4, -0.2) is 19.6 Å². The molecule has 0 amide bonds. The van der Waals surface area contributed by atoms with Crippen molar-refractivity contribution in [2.24, 2.45) is 5.92 Å². The Morgan fingerprint density at radius 1 is 0.688 bits per heavy atom. The Morgan fingerprint density at radius 3 is 2.05 bits per heavy atom. The molecule has 8 aromatic rings. The first-order valence-electron chi connectivity index (χ1n) is 29.2. The number of phenols is 1. The molecule has 6 aromatic carbocycles. The molecule has 2 heterocycles. The van der Waals surface area contributed by atoms with Gasteiger partial charge in [-0.05, 0) is 105 Å². The van der Waals surface area contributed by atoms with E-state index in [2.05, 4.69) is 80.6 Å². The number of aromatic hydroxyl groups is 1. The normalized spacial score (nSPS) is 16.4. The van der Waals surface area contributed by atoms with E-state index in [9.17, 15) is 6.48 Å². The van der Waals surface area contributed by atoms with Gasteiger partial charge in [-0.15, -0.1) is 29.3 Å². The second-order valence-electron chi connectivity index (χ2n) is 18.8. The maximum Gasteiger partial charge on any atom is 0.148 e. The summed E-state index contributed by atoms with van der Waals surface area (Å²) < 4.78 is 140. The summed E-state index contributed by atoms with van der Waals surface area (Å²) in [5, 5.41) is 12.1. The maximum absolute atomic E-state index is 12.1. The quantitative estimate of drug-likeness (QED) is 0.154. The number of hydrogen-bond acceptors (Lipinski definition) is 3. The average molecular weight is 1040 g/mol. The SMILES string of the molecule is [2H]c1nc(-c2[c-]c(-c3cccc4c3nc(-c3cc(C(C)(C)C)cc(C)c3O)n4-c3ccc(CC(C)C)cc3-c3ccccc3)cc(C(C)(C)C)c2)c([2H])c(-c2c([2H])c([2H])c(C(C([2H])([2H])[2H])(C([2H])([2H])[2H])C([2H])([2H])[2H])c([2H])c2[2H])c1[2H].[Pt]. The van der Waals surface area contributed by atoms with Crippen LogP contribution in [0.25, 0.3) is 72.7 Å². The smallest absolute Gasteiger partial charge is 0.148 e. The van der Waals surface area contributed by atoms with Crippen LogP contribution in [0.5, 0.6) is 5.75 Å². The Balaban J connectivity index is 0.00000924. The van der Waals surface area contributed by atoms with Gasteiger partial charge in [-0.25, -0.2) is 4.98 Å². The van der Waals surface area contributed by atoms with E-state index in [0.717, 1.165) is 34.4 Å². The molecule has 0 atom stereocenters. The van der Waals surface area contributed by atoms with E-state index in [1.807, 2.05) is 82.3 Å². The van der Waals surface area contributed by atoms with Crippen molar-refractivity contribution in [2.45, 2.75) is 106 Å². The van der Waals surface area contributed by atoms with Crippen LogP contribution < -0.4 is 0 Å². The van der Waals surface area contributed by atoms with Crippen molar-refractivity contribution >= 4 is 11.0 Å². The third-order valence-corrected chi connectivity index (χ3v) is 11.2. The minimum Gasteiger partial charge on any atom is -0.507 e. The molecule has 0 unspecified atom stereocenters. The molecular weight excluding hydrogens is 962 g/mol. The Bertz CT molecular complexity index is 3650. The van der Waals surface area contributed by atoms with Crippen molar-refractivity contribution in [3.63, 3.8) is 0 Å². The number of aryl methyl sites for hydroxylation is 1. The zero-order valence-electron chi connectivity index (χ0n) is 53.5. The van der Waals surface area contributed by atoms with Gasteiger partial charge in [0.1, 0.15) is 11.6 Å². The number of rotatable bonds is 8. The van der Waals surface area contributed by atoms with Gasteiger partial charge in [0.15, 0.2) is 0 Å². The molecule has 0 saturated carbocycles. The van der Waals surface area contributed by atoms with E-state index in [0.29, 0.717) is 50.6 Å². The van der Waals surface area contributed by atoms with Gasteiger partial charge in [0.05, 0.1) is 31.9 Å². The van der Waals surface area contributed by atoms with Crippen LogP contribution in [0.4, 0.5) is 0 Å². The molecule has 0 spiro atoms. The first-order chi connectivity index (χ1) is 36.4. The summed E-state index contributed by atoms with van der Waals surface area (Å²) in [5.74, 6) is 0.899. The number of nitrogens with zero attached hydrogens (tertiary/aromatic N) is 3. The van der Waals surface area contributed by atoms with Crippen molar-refractivity contribution in [3.05, 3.63) is 167 Å². The van der Waals surface area contributed by atoms with E-state index in [1.54, 1.807) is 6.07 Å². The number of imidazole rings is 1. The average Bonchev–Trinajstić information content (AvgIpc) is 3.87. The number of fused-ring (bicyclic) bond motifs is 1. The van der Waals surface area contributed by atoms with Crippen molar-refractivity contribution in [1.29, 1.82) is 0 Å². The molecular formula is C59H62N3OPt-. The number of hydrogen-bond donors (Lipinski definition) is 1. The third-order valence-electron chi connectivity index (χ3n) is 11.2. The van der Waals surface area contributed by atoms with Crippen molar-refractivity contribution in [2.75, 3.05) is 0 Å². The number of pyridine rings is 1. The first kappa shape index (κ1) is 29.8. The van der Waals surface area contributed by atoms with Crippen molar-refractivity contribution in [1.82, 2.24) is 14.5 Å². The maximum atomic E-state index is 12.1. The van der Waals surface area contributed by atoms with Crippen LogP contribution in [0.3, 0.4) is 0 Å². The second-order valence-corrected chi connectivity index (χ2v) is 18.8. The van der Waals surface area contributed by atoms with Crippen LogP contribution in [0.15, 0.2) is 133 Å². The Kier molecular flexibility index (Phi) is 8.27. The van der Waals surface area contributed by atoms with E-state index in [1.165, 1.54) is 0 Å². The Labute approximate surface area is 418 Å². The molecule has 1 N–H and O–H groups in total. The fraction of sp³-hybridized carbons (Fsp3) is 0.288. The number of aromatic nitrogens is 3. The van der Waals surface area contributed by atoms with Gasteiger partial charge in [-0.1, -0.05) is 172 Å².